The topological polar surface area (TPSA) is 52.6 Å². The predicted molar refractivity (Wildman–Crippen MR) is 34.9 cm³/mol. The summed E-state index contributed by atoms with van der Waals surface area (Å²) in [7, 11) is 0. The third-order valence-corrected chi connectivity index (χ3v) is 2.35. The summed E-state index contributed by atoms with van der Waals surface area (Å²) in [5.41, 5.74) is 0. The smallest absolute Gasteiger partial charge is 0.407 e. The molecule has 0 aliphatic carbocycles. The third kappa shape index (κ3) is 0.686. The highest BCUT2D eigenvalue weighted by molar-refractivity contribution is 5.65. The maximum atomic E-state index is 10.4. The van der Waals surface area contributed by atoms with Crippen LogP contribution in [0.15, 0.2) is 0 Å². The van der Waals surface area contributed by atoms with Gasteiger partial charge in [-0.25, -0.2) is 4.79 Å². The molecule has 0 bridgehead atoms. The highest BCUT2D eigenvalue weighted by Gasteiger charge is 2.40. The zero-order valence-electron chi connectivity index (χ0n) is 5.58. The molecule has 1 amide bonds. The Labute approximate surface area is 58.8 Å². The number of amides is 1. The fourth-order valence-corrected chi connectivity index (χ4v) is 1.61. The summed E-state index contributed by atoms with van der Waals surface area (Å²) in [5, 5.41) is 11.8. The largest absolute Gasteiger partial charge is 0.465 e. The standard InChI is InChI=1S/C6H10N2O2/c9-6(10)8-2-4-1-7-5(4)3-8/h4-5,7H,1-3H2,(H,9,10). The molecule has 2 heterocycles. The first kappa shape index (κ1) is 5.97. The summed E-state index contributed by atoms with van der Waals surface area (Å²) in [6, 6.07) is 0.455. The van der Waals surface area contributed by atoms with Gasteiger partial charge in [-0.05, 0) is 0 Å². The van der Waals surface area contributed by atoms with E-state index in [1.54, 1.807) is 0 Å². The second-order valence-corrected chi connectivity index (χ2v) is 2.96. The van der Waals surface area contributed by atoms with Crippen molar-refractivity contribution in [3.05, 3.63) is 0 Å². The zero-order valence-corrected chi connectivity index (χ0v) is 5.58. The summed E-state index contributed by atoms with van der Waals surface area (Å²) in [4.78, 5) is 11.9. The number of fused-ring (bicyclic) bond motifs is 1. The van der Waals surface area contributed by atoms with E-state index in [0.29, 0.717) is 18.5 Å². The molecule has 56 valence electrons. The van der Waals surface area contributed by atoms with E-state index in [-0.39, 0.29) is 0 Å². The number of hydrogen-bond donors (Lipinski definition) is 2. The number of rotatable bonds is 0. The lowest BCUT2D eigenvalue weighted by atomic mass is 9.96. The van der Waals surface area contributed by atoms with Crippen LogP contribution in [0.1, 0.15) is 0 Å². The molecule has 4 heteroatoms. The molecule has 2 aliphatic heterocycles. The third-order valence-electron chi connectivity index (χ3n) is 2.35. The van der Waals surface area contributed by atoms with Gasteiger partial charge in [-0.2, -0.15) is 0 Å². The second-order valence-electron chi connectivity index (χ2n) is 2.96. The van der Waals surface area contributed by atoms with Crippen molar-refractivity contribution < 1.29 is 9.90 Å². The van der Waals surface area contributed by atoms with Crippen LogP contribution in [-0.2, 0) is 0 Å². The van der Waals surface area contributed by atoms with Crippen molar-refractivity contribution in [1.29, 1.82) is 0 Å². The molecule has 10 heavy (non-hydrogen) atoms. The minimum Gasteiger partial charge on any atom is -0.465 e. The molecular formula is C6H10N2O2. The number of nitrogens with zero attached hydrogens (tertiary/aromatic N) is 1. The van der Waals surface area contributed by atoms with E-state index in [0.717, 1.165) is 13.1 Å². The van der Waals surface area contributed by atoms with E-state index in [9.17, 15) is 4.79 Å². The Morgan fingerprint density at radius 2 is 2.40 bits per heavy atom. The zero-order chi connectivity index (χ0) is 7.14. The molecule has 2 N–H and O–H groups in total. The molecule has 0 aromatic rings. The number of likely N-dealkylation sites (tertiary alicyclic amines) is 1. The van der Waals surface area contributed by atoms with Gasteiger partial charge in [-0.1, -0.05) is 0 Å². The van der Waals surface area contributed by atoms with Crippen LogP contribution >= 0.6 is 0 Å². The molecule has 2 fully saturated rings. The van der Waals surface area contributed by atoms with E-state index in [4.69, 9.17) is 5.11 Å². The maximum Gasteiger partial charge on any atom is 0.407 e. The van der Waals surface area contributed by atoms with Crippen molar-refractivity contribution in [2.24, 2.45) is 5.92 Å². The number of nitrogens with one attached hydrogen (secondary N) is 1. The van der Waals surface area contributed by atoms with Gasteiger partial charge in [0.25, 0.3) is 0 Å². The molecule has 0 spiro atoms. The van der Waals surface area contributed by atoms with Crippen molar-refractivity contribution in [1.82, 2.24) is 10.2 Å². The van der Waals surface area contributed by atoms with Gasteiger partial charge in [0.1, 0.15) is 0 Å². The number of carbonyl (C=O) groups is 1. The van der Waals surface area contributed by atoms with Crippen LogP contribution in [0.25, 0.3) is 0 Å². The summed E-state index contributed by atoms with van der Waals surface area (Å²) in [6.45, 7) is 2.40. The van der Waals surface area contributed by atoms with E-state index in [1.807, 2.05) is 0 Å². The molecule has 2 unspecified atom stereocenters. The van der Waals surface area contributed by atoms with Crippen molar-refractivity contribution in [3.63, 3.8) is 0 Å². The maximum absolute atomic E-state index is 10.4. The number of hydrogen-bond acceptors (Lipinski definition) is 2. The summed E-state index contributed by atoms with van der Waals surface area (Å²) < 4.78 is 0. The molecule has 2 saturated heterocycles. The van der Waals surface area contributed by atoms with E-state index in [2.05, 4.69) is 5.32 Å². The predicted octanol–water partition coefficient (Wildman–Crippen LogP) is -0.432. The Kier molecular flexibility index (Phi) is 1.11. The first-order chi connectivity index (χ1) is 4.77. The van der Waals surface area contributed by atoms with Gasteiger partial charge in [0.15, 0.2) is 0 Å². The fourth-order valence-electron chi connectivity index (χ4n) is 1.61. The minimum atomic E-state index is -0.781. The second kappa shape index (κ2) is 1.85. The SMILES string of the molecule is O=C(O)N1CC2CNC2C1. The van der Waals surface area contributed by atoms with Crippen LogP contribution < -0.4 is 5.32 Å². The molecule has 0 radical (unpaired) electrons. The molecule has 4 nitrogen and oxygen atoms in total. The molecule has 2 atom stereocenters. The van der Waals surface area contributed by atoms with Crippen LogP contribution in [0.4, 0.5) is 4.79 Å². The van der Waals surface area contributed by atoms with E-state index in [1.165, 1.54) is 4.90 Å². The van der Waals surface area contributed by atoms with Gasteiger partial charge < -0.3 is 15.3 Å². The van der Waals surface area contributed by atoms with Gasteiger partial charge in [0.2, 0.25) is 0 Å². The Morgan fingerprint density at radius 1 is 1.60 bits per heavy atom. The molecule has 2 rings (SSSR count). The summed E-state index contributed by atoms with van der Waals surface area (Å²) in [5.74, 6) is 0.594. The quantitative estimate of drug-likeness (QED) is 0.482. The monoisotopic (exact) mass is 142 g/mol. The summed E-state index contributed by atoms with van der Waals surface area (Å²) in [6.07, 6.45) is -0.781. The van der Waals surface area contributed by atoms with Crippen LogP contribution in [-0.4, -0.2) is 41.8 Å². The minimum absolute atomic E-state index is 0.455. The lowest BCUT2D eigenvalue weighted by Gasteiger charge is -2.29. The van der Waals surface area contributed by atoms with E-state index >= 15 is 0 Å². The Balaban J connectivity index is 1.98. The molecule has 0 saturated carbocycles. The van der Waals surface area contributed by atoms with Crippen LogP contribution in [0, 0.1) is 5.92 Å². The molecular weight excluding hydrogens is 132 g/mol. The lowest BCUT2D eigenvalue weighted by molar-refractivity contribution is 0.155. The van der Waals surface area contributed by atoms with Crippen LogP contribution in [0.3, 0.4) is 0 Å². The summed E-state index contributed by atoms with van der Waals surface area (Å²) >= 11 is 0. The highest BCUT2D eigenvalue weighted by atomic mass is 16.4. The normalized spacial score (nSPS) is 37.0. The Hall–Kier alpha value is -0.770. The van der Waals surface area contributed by atoms with Gasteiger partial charge in [0.05, 0.1) is 0 Å². The number of carboxylic acid groups (broad SMARTS) is 1. The Morgan fingerprint density at radius 3 is 2.70 bits per heavy atom. The van der Waals surface area contributed by atoms with Crippen molar-refractivity contribution >= 4 is 6.09 Å². The molecule has 0 aromatic carbocycles. The molecule has 0 aromatic heterocycles. The first-order valence-electron chi connectivity index (χ1n) is 3.48. The fraction of sp³-hybridized carbons (Fsp3) is 0.833. The first-order valence-corrected chi connectivity index (χ1v) is 3.48. The van der Waals surface area contributed by atoms with Gasteiger partial charge >= 0.3 is 6.09 Å². The van der Waals surface area contributed by atoms with Crippen molar-refractivity contribution in [2.75, 3.05) is 19.6 Å². The van der Waals surface area contributed by atoms with Crippen LogP contribution in [0.2, 0.25) is 0 Å². The average molecular weight is 142 g/mol. The van der Waals surface area contributed by atoms with E-state index < -0.39 is 6.09 Å². The average Bonchev–Trinajstić information content (AvgIpc) is 2.09. The Bertz CT molecular complexity index is 159. The molecule has 2 aliphatic rings. The van der Waals surface area contributed by atoms with Crippen molar-refractivity contribution in [2.45, 2.75) is 6.04 Å². The lowest BCUT2D eigenvalue weighted by Crippen LogP contribution is -2.51. The van der Waals surface area contributed by atoms with Gasteiger partial charge in [-0.15, -0.1) is 0 Å². The van der Waals surface area contributed by atoms with Crippen molar-refractivity contribution in [3.8, 4) is 0 Å². The van der Waals surface area contributed by atoms with Crippen LogP contribution in [0.5, 0.6) is 0 Å². The highest BCUT2D eigenvalue weighted by Crippen LogP contribution is 2.22. The van der Waals surface area contributed by atoms with Gasteiger partial charge in [0, 0.05) is 31.6 Å². The van der Waals surface area contributed by atoms with Gasteiger partial charge in [-0.3, -0.25) is 0 Å².